The zero-order valence-electron chi connectivity index (χ0n) is 13.8. The number of ether oxygens (including phenoxy) is 1. The van der Waals surface area contributed by atoms with E-state index in [1.165, 1.54) is 7.11 Å². The normalized spacial score (nSPS) is 11.0. The van der Waals surface area contributed by atoms with Gasteiger partial charge in [0, 0.05) is 11.1 Å². The minimum atomic E-state index is 0.0489. The molecule has 3 aromatic carbocycles. The van der Waals surface area contributed by atoms with Crippen LogP contribution < -0.4 is 4.74 Å². The van der Waals surface area contributed by atoms with Gasteiger partial charge in [0.15, 0.2) is 11.5 Å². The predicted octanol–water partition coefficient (Wildman–Crippen LogP) is 4.85. The maximum Gasteiger partial charge on any atom is 0.166 e. The number of hydrogen-bond acceptors (Lipinski definition) is 3. The molecule has 0 atom stereocenters. The fourth-order valence-corrected chi connectivity index (χ4v) is 3.10. The van der Waals surface area contributed by atoms with Crippen molar-refractivity contribution in [3.63, 3.8) is 0 Å². The van der Waals surface area contributed by atoms with Crippen LogP contribution in [0.5, 0.6) is 17.2 Å². The second-order valence-corrected chi connectivity index (χ2v) is 5.86. The molecule has 3 rings (SSSR count). The summed E-state index contributed by atoms with van der Waals surface area (Å²) in [6.07, 6.45) is 0. The Morgan fingerprint density at radius 2 is 1.57 bits per heavy atom. The molecule has 2 N–H and O–H groups in total. The summed E-state index contributed by atoms with van der Waals surface area (Å²) >= 11 is 0. The van der Waals surface area contributed by atoms with Crippen LogP contribution in [-0.2, 0) is 0 Å². The van der Waals surface area contributed by atoms with Crippen molar-refractivity contribution >= 4 is 10.8 Å². The number of methoxy groups -OCH3 is 1. The lowest BCUT2D eigenvalue weighted by Crippen LogP contribution is -1.95. The molecule has 0 saturated heterocycles. The second kappa shape index (κ2) is 5.51. The molecule has 0 fully saturated rings. The number of phenolic OH excluding ortho intramolecular Hbond substituents is 2. The van der Waals surface area contributed by atoms with E-state index in [1.807, 2.05) is 51.1 Å². The lowest BCUT2D eigenvalue weighted by atomic mass is 9.89. The first kappa shape index (κ1) is 15.2. The molecule has 0 spiro atoms. The Labute approximate surface area is 135 Å². The van der Waals surface area contributed by atoms with Crippen LogP contribution in [-0.4, -0.2) is 17.3 Å². The molecule has 0 saturated carbocycles. The molecule has 3 aromatic rings. The van der Waals surface area contributed by atoms with E-state index in [-0.39, 0.29) is 11.5 Å². The molecule has 3 nitrogen and oxygen atoms in total. The highest BCUT2D eigenvalue weighted by Gasteiger charge is 2.21. The lowest BCUT2D eigenvalue weighted by molar-refractivity contribution is 0.375. The summed E-state index contributed by atoms with van der Waals surface area (Å²) in [5, 5.41) is 23.1. The molecule has 0 bridgehead atoms. The molecule has 118 valence electrons. The van der Waals surface area contributed by atoms with E-state index >= 15 is 0 Å². The Morgan fingerprint density at radius 1 is 0.870 bits per heavy atom. The van der Waals surface area contributed by atoms with Gasteiger partial charge in [0.1, 0.15) is 5.75 Å². The van der Waals surface area contributed by atoms with Gasteiger partial charge in [0.05, 0.1) is 7.11 Å². The number of benzene rings is 3. The fourth-order valence-electron chi connectivity index (χ4n) is 3.10. The molecule has 0 aliphatic carbocycles. The molecule has 23 heavy (non-hydrogen) atoms. The van der Waals surface area contributed by atoms with E-state index < -0.39 is 0 Å². The lowest BCUT2D eigenvalue weighted by Gasteiger charge is -2.18. The van der Waals surface area contributed by atoms with E-state index in [0.29, 0.717) is 16.9 Å². The van der Waals surface area contributed by atoms with E-state index in [9.17, 15) is 10.2 Å². The van der Waals surface area contributed by atoms with Crippen molar-refractivity contribution in [2.24, 2.45) is 0 Å². The first-order valence-corrected chi connectivity index (χ1v) is 7.54. The molecule has 0 amide bonds. The van der Waals surface area contributed by atoms with Gasteiger partial charge in [-0.05, 0) is 60.4 Å². The van der Waals surface area contributed by atoms with Gasteiger partial charge in [-0.2, -0.15) is 0 Å². The maximum absolute atomic E-state index is 10.7. The summed E-state index contributed by atoms with van der Waals surface area (Å²) in [5.41, 5.74) is 4.34. The summed E-state index contributed by atoms with van der Waals surface area (Å²) in [5.74, 6) is 0.614. The molecule has 0 aromatic heterocycles. The number of phenols is 2. The summed E-state index contributed by atoms with van der Waals surface area (Å²) in [4.78, 5) is 0. The third kappa shape index (κ3) is 2.29. The van der Waals surface area contributed by atoms with Crippen molar-refractivity contribution in [1.82, 2.24) is 0 Å². The van der Waals surface area contributed by atoms with Crippen LogP contribution in [0.1, 0.15) is 16.7 Å². The highest BCUT2D eigenvalue weighted by molar-refractivity contribution is 6.03. The van der Waals surface area contributed by atoms with Gasteiger partial charge < -0.3 is 14.9 Å². The van der Waals surface area contributed by atoms with E-state index in [1.54, 1.807) is 6.07 Å². The highest BCUT2D eigenvalue weighted by atomic mass is 16.5. The summed E-state index contributed by atoms with van der Waals surface area (Å²) in [6.45, 7) is 5.95. The largest absolute Gasteiger partial charge is 0.507 e. The van der Waals surface area contributed by atoms with E-state index in [0.717, 1.165) is 27.5 Å². The Kier molecular flexibility index (Phi) is 3.64. The number of rotatable bonds is 2. The van der Waals surface area contributed by atoms with Gasteiger partial charge in [0.2, 0.25) is 0 Å². The van der Waals surface area contributed by atoms with Gasteiger partial charge >= 0.3 is 0 Å². The van der Waals surface area contributed by atoms with E-state index in [4.69, 9.17) is 4.74 Å². The number of aromatic hydroxyl groups is 2. The van der Waals surface area contributed by atoms with Crippen LogP contribution >= 0.6 is 0 Å². The zero-order chi connectivity index (χ0) is 16.7. The Balaban J connectivity index is 2.50. The quantitative estimate of drug-likeness (QED) is 0.711. The molecule has 0 heterocycles. The third-order valence-electron chi connectivity index (χ3n) is 4.60. The smallest absolute Gasteiger partial charge is 0.166 e. The summed E-state index contributed by atoms with van der Waals surface area (Å²) < 4.78 is 5.32. The molecule has 0 aliphatic rings. The Bertz CT molecular complexity index is 911. The van der Waals surface area contributed by atoms with Gasteiger partial charge in [-0.1, -0.05) is 24.3 Å². The molecular formula is C20H20O3. The Hall–Kier alpha value is -2.68. The van der Waals surface area contributed by atoms with Crippen LogP contribution in [0, 0.1) is 20.8 Å². The third-order valence-corrected chi connectivity index (χ3v) is 4.60. The van der Waals surface area contributed by atoms with Crippen molar-refractivity contribution in [2.75, 3.05) is 7.11 Å². The average Bonchev–Trinajstić information content (AvgIpc) is 2.54. The van der Waals surface area contributed by atoms with Gasteiger partial charge in [-0.3, -0.25) is 0 Å². The van der Waals surface area contributed by atoms with Crippen LogP contribution in [0.2, 0.25) is 0 Å². The van der Waals surface area contributed by atoms with Crippen molar-refractivity contribution in [2.45, 2.75) is 20.8 Å². The zero-order valence-corrected chi connectivity index (χ0v) is 13.8. The summed E-state index contributed by atoms with van der Waals surface area (Å²) in [6, 6.07) is 11.3. The standard InChI is InChI=1S/C20H20O3/c1-11-9-16(21)18(13(3)12(11)2)19-15-8-6-5-7-14(15)10-17(23-4)20(19)22/h5-10,21-22H,1-4H3. The number of hydrogen-bond donors (Lipinski definition) is 2. The van der Waals surface area contributed by atoms with Crippen LogP contribution in [0.4, 0.5) is 0 Å². The first-order chi connectivity index (χ1) is 11.0. The monoisotopic (exact) mass is 308 g/mol. The van der Waals surface area contributed by atoms with Gasteiger partial charge in [-0.15, -0.1) is 0 Å². The second-order valence-electron chi connectivity index (χ2n) is 5.86. The summed E-state index contributed by atoms with van der Waals surface area (Å²) in [7, 11) is 1.53. The minimum Gasteiger partial charge on any atom is -0.507 e. The topological polar surface area (TPSA) is 49.7 Å². The SMILES string of the molecule is COc1cc2ccccc2c(-c2c(O)cc(C)c(C)c2C)c1O. The number of aryl methyl sites for hydroxylation is 1. The van der Waals surface area contributed by atoms with Crippen LogP contribution in [0.15, 0.2) is 36.4 Å². The van der Waals surface area contributed by atoms with Crippen molar-refractivity contribution in [1.29, 1.82) is 0 Å². The average molecular weight is 308 g/mol. The van der Waals surface area contributed by atoms with Crippen molar-refractivity contribution < 1.29 is 14.9 Å². The van der Waals surface area contributed by atoms with Crippen molar-refractivity contribution in [3.05, 3.63) is 53.1 Å². The first-order valence-electron chi connectivity index (χ1n) is 7.54. The van der Waals surface area contributed by atoms with Gasteiger partial charge in [-0.25, -0.2) is 0 Å². The van der Waals surface area contributed by atoms with E-state index in [2.05, 4.69) is 0 Å². The molecule has 3 heteroatoms. The van der Waals surface area contributed by atoms with Crippen LogP contribution in [0.25, 0.3) is 21.9 Å². The molecular weight excluding hydrogens is 288 g/mol. The van der Waals surface area contributed by atoms with Gasteiger partial charge in [0.25, 0.3) is 0 Å². The van der Waals surface area contributed by atoms with Crippen molar-refractivity contribution in [3.8, 4) is 28.4 Å². The highest BCUT2D eigenvalue weighted by Crippen LogP contribution is 2.47. The fraction of sp³-hybridized carbons (Fsp3) is 0.200. The Morgan fingerprint density at radius 3 is 2.26 bits per heavy atom. The maximum atomic E-state index is 10.7. The number of fused-ring (bicyclic) bond motifs is 1. The predicted molar refractivity (Wildman–Crippen MR) is 93.5 cm³/mol. The molecule has 0 radical (unpaired) electrons. The van der Waals surface area contributed by atoms with Crippen LogP contribution in [0.3, 0.4) is 0 Å². The molecule has 0 unspecified atom stereocenters. The minimum absolute atomic E-state index is 0.0489. The molecule has 0 aliphatic heterocycles.